The van der Waals surface area contributed by atoms with E-state index in [1.54, 1.807) is 20.0 Å². The van der Waals surface area contributed by atoms with Crippen molar-refractivity contribution in [3.63, 3.8) is 0 Å². The molecule has 0 amide bonds. The predicted octanol–water partition coefficient (Wildman–Crippen LogP) is 3.58. The van der Waals surface area contributed by atoms with Crippen molar-refractivity contribution in [1.29, 1.82) is 0 Å². The number of ether oxygens (including phenoxy) is 1. The number of anilines is 1. The zero-order valence-corrected chi connectivity index (χ0v) is 17.0. The summed E-state index contributed by atoms with van der Waals surface area (Å²) in [5.74, 6) is 0.553. The Kier molecular flexibility index (Phi) is 6.26. The third-order valence-corrected chi connectivity index (χ3v) is 4.43. The molecule has 8 heteroatoms. The number of nitrogens with zero attached hydrogens (tertiary/aromatic N) is 4. The number of nitrogens with one attached hydrogen (secondary N) is 1. The molecular weight excluding hydrogens is 378 g/mol. The quantitative estimate of drug-likeness (QED) is 0.440. The molecule has 2 N–H and O–H groups in total. The van der Waals surface area contributed by atoms with Crippen molar-refractivity contribution in [2.75, 3.05) is 18.5 Å². The lowest BCUT2D eigenvalue weighted by Gasteiger charge is -2.19. The zero-order chi connectivity index (χ0) is 20.1. The Labute approximate surface area is 169 Å². The molecule has 0 spiro atoms. The molecule has 0 saturated carbocycles. The van der Waals surface area contributed by atoms with Gasteiger partial charge in [-0.25, -0.2) is 4.98 Å². The second-order valence-electron chi connectivity index (χ2n) is 7.24. The summed E-state index contributed by atoms with van der Waals surface area (Å²) < 4.78 is 5.67. The van der Waals surface area contributed by atoms with E-state index in [9.17, 15) is 5.11 Å². The fourth-order valence-corrected chi connectivity index (χ4v) is 2.70. The lowest BCUT2D eigenvalue weighted by Crippen LogP contribution is -2.30. The maximum absolute atomic E-state index is 9.87. The van der Waals surface area contributed by atoms with Crippen LogP contribution in [0.5, 0.6) is 6.01 Å². The molecule has 148 valence electrons. The molecule has 7 nitrogen and oxygen atoms in total. The molecule has 0 aliphatic heterocycles. The number of aryl methyl sites for hydroxylation is 1. The summed E-state index contributed by atoms with van der Waals surface area (Å²) in [4.78, 5) is 17.5. The smallest absolute Gasteiger partial charge is 0.319 e. The summed E-state index contributed by atoms with van der Waals surface area (Å²) in [5, 5.41) is 13.3. The maximum atomic E-state index is 9.87. The van der Waals surface area contributed by atoms with Gasteiger partial charge in [-0.15, -0.1) is 0 Å². The molecule has 0 aliphatic carbocycles. The van der Waals surface area contributed by atoms with Crippen LogP contribution in [0.1, 0.15) is 31.5 Å². The molecule has 2 heterocycles. The first kappa shape index (κ1) is 20.2. The third kappa shape index (κ3) is 5.50. The molecular formula is C20H24ClN5O2. The second kappa shape index (κ2) is 8.67. The summed E-state index contributed by atoms with van der Waals surface area (Å²) in [6.07, 6.45) is 3.27. The van der Waals surface area contributed by atoms with Crippen LogP contribution in [0.4, 0.5) is 5.82 Å². The highest BCUT2D eigenvalue weighted by Crippen LogP contribution is 2.23. The van der Waals surface area contributed by atoms with Gasteiger partial charge in [-0.3, -0.25) is 4.98 Å². The van der Waals surface area contributed by atoms with Gasteiger partial charge in [0.2, 0.25) is 0 Å². The molecule has 3 aromatic rings. The Morgan fingerprint density at radius 3 is 2.64 bits per heavy atom. The normalized spacial score (nSPS) is 11.6. The number of aromatic nitrogens is 4. The van der Waals surface area contributed by atoms with Crippen molar-refractivity contribution in [3.8, 4) is 6.01 Å². The minimum absolute atomic E-state index is 0.207. The minimum Gasteiger partial charge on any atom is -0.463 e. The Bertz CT molecular complexity index is 959. The van der Waals surface area contributed by atoms with E-state index in [0.29, 0.717) is 29.7 Å². The first-order valence-electron chi connectivity index (χ1n) is 9.16. The van der Waals surface area contributed by atoms with Gasteiger partial charge in [-0.2, -0.15) is 9.97 Å². The number of aliphatic hydroxyl groups is 1. The van der Waals surface area contributed by atoms with Crippen molar-refractivity contribution in [1.82, 2.24) is 19.9 Å². The topological polar surface area (TPSA) is 93.1 Å². The molecule has 0 aliphatic rings. The van der Waals surface area contributed by atoms with Crippen molar-refractivity contribution in [2.24, 2.45) is 0 Å². The monoisotopic (exact) mass is 401 g/mol. The predicted molar refractivity (Wildman–Crippen MR) is 110 cm³/mol. The summed E-state index contributed by atoms with van der Waals surface area (Å²) in [7, 11) is 0. The van der Waals surface area contributed by atoms with E-state index >= 15 is 0 Å². The standard InChI is InChI=1S/C20H24ClN5O2/c1-13-17(21)25-19(26-18(13)23-12-20(2,3)27)28-10-6-7-14-11-22-15-8-4-5-9-16(15)24-14/h4-5,8-9,11,27H,6-7,10,12H2,1-3H3,(H,23,25,26). The lowest BCUT2D eigenvalue weighted by molar-refractivity contribution is 0.0944. The number of para-hydroxylation sites is 2. The molecule has 3 rings (SSSR count). The minimum atomic E-state index is -0.869. The largest absolute Gasteiger partial charge is 0.463 e. The van der Waals surface area contributed by atoms with Crippen LogP contribution in [-0.4, -0.2) is 43.8 Å². The van der Waals surface area contributed by atoms with Crippen LogP contribution in [-0.2, 0) is 6.42 Å². The fourth-order valence-electron chi connectivity index (χ4n) is 2.54. The van der Waals surface area contributed by atoms with Gasteiger partial charge < -0.3 is 15.2 Å². The van der Waals surface area contributed by atoms with Crippen LogP contribution in [0.25, 0.3) is 11.0 Å². The van der Waals surface area contributed by atoms with E-state index in [1.807, 2.05) is 31.2 Å². The SMILES string of the molecule is Cc1c(Cl)nc(OCCCc2cnc3ccccc3n2)nc1NCC(C)(C)O. The Morgan fingerprint density at radius 1 is 1.14 bits per heavy atom. The van der Waals surface area contributed by atoms with Gasteiger partial charge >= 0.3 is 6.01 Å². The number of fused-ring (bicyclic) bond motifs is 1. The second-order valence-corrected chi connectivity index (χ2v) is 7.60. The lowest BCUT2D eigenvalue weighted by atomic mass is 10.1. The number of rotatable bonds is 8. The van der Waals surface area contributed by atoms with Crippen LogP contribution >= 0.6 is 11.6 Å². The van der Waals surface area contributed by atoms with Crippen LogP contribution in [0.3, 0.4) is 0 Å². The van der Waals surface area contributed by atoms with E-state index < -0.39 is 5.60 Å². The van der Waals surface area contributed by atoms with E-state index in [-0.39, 0.29) is 6.01 Å². The van der Waals surface area contributed by atoms with Crippen LogP contribution in [0.2, 0.25) is 5.15 Å². The highest BCUT2D eigenvalue weighted by atomic mass is 35.5. The van der Waals surface area contributed by atoms with E-state index in [2.05, 4.69) is 25.3 Å². The molecule has 0 saturated heterocycles. The molecule has 0 bridgehead atoms. The summed E-state index contributed by atoms with van der Waals surface area (Å²) >= 11 is 6.18. The third-order valence-electron chi connectivity index (χ3n) is 4.06. The van der Waals surface area contributed by atoms with Crippen LogP contribution in [0, 0.1) is 6.92 Å². The van der Waals surface area contributed by atoms with Crippen LogP contribution < -0.4 is 10.1 Å². The van der Waals surface area contributed by atoms with E-state index in [0.717, 1.165) is 29.6 Å². The Balaban J connectivity index is 1.57. The summed E-state index contributed by atoms with van der Waals surface area (Å²) in [6, 6.07) is 8.00. The first-order chi connectivity index (χ1) is 13.3. The summed E-state index contributed by atoms with van der Waals surface area (Å²) in [5.41, 5.74) is 2.53. The van der Waals surface area contributed by atoms with Gasteiger partial charge in [0.25, 0.3) is 0 Å². The number of hydrogen-bond acceptors (Lipinski definition) is 7. The highest BCUT2D eigenvalue weighted by Gasteiger charge is 2.15. The first-order valence-corrected chi connectivity index (χ1v) is 9.53. The Hall–Kier alpha value is -2.51. The zero-order valence-electron chi connectivity index (χ0n) is 16.2. The average Bonchev–Trinajstić information content (AvgIpc) is 2.66. The molecule has 1 aromatic carbocycles. The van der Waals surface area contributed by atoms with Crippen molar-refractivity contribution in [2.45, 2.75) is 39.2 Å². The van der Waals surface area contributed by atoms with Crippen molar-refractivity contribution in [3.05, 3.63) is 46.9 Å². The molecule has 0 unspecified atom stereocenters. The van der Waals surface area contributed by atoms with Crippen LogP contribution in [0.15, 0.2) is 30.5 Å². The molecule has 28 heavy (non-hydrogen) atoms. The molecule has 0 atom stereocenters. The van der Waals surface area contributed by atoms with Gasteiger partial charge in [0.05, 0.1) is 28.9 Å². The molecule has 0 radical (unpaired) electrons. The highest BCUT2D eigenvalue weighted by molar-refractivity contribution is 6.30. The van der Waals surface area contributed by atoms with Crippen molar-refractivity contribution < 1.29 is 9.84 Å². The van der Waals surface area contributed by atoms with Crippen molar-refractivity contribution >= 4 is 28.5 Å². The van der Waals surface area contributed by atoms with Gasteiger partial charge in [0.1, 0.15) is 11.0 Å². The fraction of sp³-hybridized carbons (Fsp3) is 0.400. The maximum Gasteiger partial charge on any atom is 0.319 e. The number of benzene rings is 1. The molecule has 0 fully saturated rings. The van der Waals surface area contributed by atoms with Gasteiger partial charge in [0.15, 0.2) is 0 Å². The number of halogens is 1. The Morgan fingerprint density at radius 2 is 1.89 bits per heavy atom. The summed E-state index contributed by atoms with van der Waals surface area (Å²) in [6.45, 7) is 6.01. The van der Waals surface area contributed by atoms with E-state index in [4.69, 9.17) is 16.3 Å². The van der Waals surface area contributed by atoms with Gasteiger partial charge in [-0.05, 0) is 45.7 Å². The molecule has 2 aromatic heterocycles. The average molecular weight is 402 g/mol. The van der Waals surface area contributed by atoms with Gasteiger partial charge in [-0.1, -0.05) is 23.7 Å². The number of hydrogen-bond donors (Lipinski definition) is 2. The van der Waals surface area contributed by atoms with Gasteiger partial charge in [0, 0.05) is 18.3 Å². The van der Waals surface area contributed by atoms with E-state index in [1.165, 1.54) is 0 Å².